The van der Waals surface area contributed by atoms with E-state index in [2.05, 4.69) is 60.2 Å². The minimum Gasteiger partial charge on any atom is -0.355 e. The molecule has 6 nitrogen and oxygen atoms in total. The van der Waals surface area contributed by atoms with Gasteiger partial charge in [-0.05, 0) is 59.4 Å². The minimum atomic E-state index is 0. The predicted octanol–water partition coefficient (Wildman–Crippen LogP) is 2.62. The summed E-state index contributed by atoms with van der Waals surface area (Å²) in [6.45, 7) is 13.0. The fraction of sp³-hybridized carbons (Fsp3) is 0.789. The lowest BCUT2D eigenvalue weighted by atomic mass is 10.1. The van der Waals surface area contributed by atoms with Gasteiger partial charge in [0, 0.05) is 51.0 Å². The molecule has 0 aliphatic heterocycles. The van der Waals surface area contributed by atoms with E-state index in [1.54, 1.807) is 0 Å². The first-order valence-corrected chi connectivity index (χ1v) is 9.55. The highest BCUT2D eigenvalue weighted by molar-refractivity contribution is 14.0. The highest BCUT2D eigenvalue weighted by Gasteiger charge is 2.30. The number of aliphatic imine (C=N–C) groups is 1. The van der Waals surface area contributed by atoms with Crippen LogP contribution in [0, 0.1) is 13.8 Å². The molecule has 7 heteroatoms. The highest BCUT2D eigenvalue weighted by atomic mass is 127. The van der Waals surface area contributed by atoms with Gasteiger partial charge in [-0.15, -0.1) is 24.0 Å². The number of hydrogen-bond acceptors (Lipinski definition) is 3. The number of halogens is 1. The molecule has 150 valence electrons. The molecule has 1 aromatic rings. The summed E-state index contributed by atoms with van der Waals surface area (Å²) in [6.07, 6.45) is 3.66. The molecular weight excluding hydrogens is 439 g/mol. The van der Waals surface area contributed by atoms with Crippen LogP contribution in [0.2, 0.25) is 0 Å². The number of aryl methyl sites for hydroxylation is 2. The Bertz CT molecular complexity index is 589. The molecule has 2 rings (SSSR count). The van der Waals surface area contributed by atoms with Gasteiger partial charge >= 0.3 is 0 Å². The monoisotopic (exact) mass is 476 g/mol. The molecule has 1 aliphatic rings. The van der Waals surface area contributed by atoms with E-state index >= 15 is 0 Å². The third-order valence-electron chi connectivity index (χ3n) is 5.12. The van der Waals surface area contributed by atoms with Gasteiger partial charge in [0.2, 0.25) is 0 Å². The van der Waals surface area contributed by atoms with Crippen molar-refractivity contribution in [1.82, 2.24) is 25.3 Å². The molecule has 1 unspecified atom stereocenters. The van der Waals surface area contributed by atoms with E-state index in [1.807, 2.05) is 18.8 Å². The Morgan fingerprint density at radius 2 is 1.96 bits per heavy atom. The molecule has 1 heterocycles. The van der Waals surface area contributed by atoms with Gasteiger partial charge < -0.3 is 10.6 Å². The first-order chi connectivity index (χ1) is 11.8. The summed E-state index contributed by atoms with van der Waals surface area (Å²) < 4.78 is 1.96. The minimum absolute atomic E-state index is 0. The lowest BCUT2D eigenvalue weighted by molar-refractivity contribution is 0.215. The van der Waals surface area contributed by atoms with Gasteiger partial charge in [-0.25, -0.2) is 0 Å². The first-order valence-electron chi connectivity index (χ1n) is 9.55. The standard InChI is InChI=1S/C19H36N6.HI/c1-13(2)25(17-8-9-17)11-10-21-19(20-6)22-14(3)12-18-15(4)23-24(7)16(18)5;/h13-14,17H,8-12H2,1-7H3,(H2,20,21,22);1H. The number of hydrogen-bond donors (Lipinski definition) is 2. The number of nitrogens with zero attached hydrogens (tertiary/aromatic N) is 4. The Balaban J connectivity index is 0.00000338. The summed E-state index contributed by atoms with van der Waals surface area (Å²) in [5, 5.41) is 11.5. The average molecular weight is 476 g/mol. The third kappa shape index (κ3) is 6.40. The Hall–Kier alpha value is -0.830. The number of rotatable bonds is 8. The Morgan fingerprint density at radius 1 is 1.31 bits per heavy atom. The number of guanidine groups is 1. The molecule has 1 atom stereocenters. The van der Waals surface area contributed by atoms with Gasteiger partial charge in [-0.1, -0.05) is 0 Å². The van der Waals surface area contributed by atoms with Crippen molar-refractivity contribution in [2.75, 3.05) is 20.1 Å². The molecule has 2 N–H and O–H groups in total. The van der Waals surface area contributed by atoms with Crippen molar-refractivity contribution in [3.05, 3.63) is 17.0 Å². The maximum atomic E-state index is 4.51. The van der Waals surface area contributed by atoms with Crippen LogP contribution in [-0.2, 0) is 13.5 Å². The van der Waals surface area contributed by atoms with Gasteiger partial charge in [-0.3, -0.25) is 14.6 Å². The van der Waals surface area contributed by atoms with Crippen molar-refractivity contribution in [2.24, 2.45) is 12.0 Å². The molecule has 0 bridgehead atoms. The van der Waals surface area contributed by atoms with E-state index in [-0.39, 0.29) is 24.0 Å². The molecular formula is C19H37IN6. The molecule has 0 spiro atoms. The Labute approximate surface area is 176 Å². The van der Waals surface area contributed by atoms with Crippen LogP contribution in [0.15, 0.2) is 4.99 Å². The van der Waals surface area contributed by atoms with E-state index in [1.165, 1.54) is 24.1 Å². The van der Waals surface area contributed by atoms with Gasteiger partial charge in [-0.2, -0.15) is 5.10 Å². The predicted molar refractivity (Wildman–Crippen MR) is 121 cm³/mol. The molecule has 1 aromatic heterocycles. The summed E-state index contributed by atoms with van der Waals surface area (Å²) >= 11 is 0. The molecule has 1 fully saturated rings. The van der Waals surface area contributed by atoms with Crippen molar-refractivity contribution in [1.29, 1.82) is 0 Å². The molecule has 0 saturated heterocycles. The third-order valence-corrected chi connectivity index (χ3v) is 5.12. The first kappa shape index (κ1) is 23.2. The Morgan fingerprint density at radius 3 is 2.42 bits per heavy atom. The molecule has 0 radical (unpaired) electrons. The van der Waals surface area contributed by atoms with Gasteiger partial charge in [0.25, 0.3) is 0 Å². The van der Waals surface area contributed by atoms with Crippen LogP contribution in [-0.4, -0.2) is 58.9 Å². The maximum absolute atomic E-state index is 4.51. The molecule has 0 amide bonds. The zero-order valence-corrected chi connectivity index (χ0v) is 19.8. The van der Waals surface area contributed by atoms with E-state index in [4.69, 9.17) is 0 Å². The van der Waals surface area contributed by atoms with Gasteiger partial charge in [0.15, 0.2) is 5.96 Å². The van der Waals surface area contributed by atoms with Crippen molar-refractivity contribution < 1.29 is 0 Å². The van der Waals surface area contributed by atoms with Gasteiger partial charge in [0.05, 0.1) is 5.69 Å². The summed E-state index contributed by atoms with van der Waals surface area (Å²) in [5.41, 5.74) is 3.69. The average Bonchev–Trinajstić information content (AvgIpc) is 3.35. The largest absolute Gasteiger partial charge is 0.355 e. The van der Waals surface area contributed by atoms with Gasteiger partial charge in [0.1, 0.15) is 0 Å². The normalized spacial score (nSPS) is 16.0. The fourth-order valence-corrected chi connectivity index (χ4v) is 3.47. The lowest BCUT2D eigenvalue weighted by Gasteiger charge is -2.27. The summed E-state index contributed by atoms with van der Waals surface area (Å²) in [6, 6.07) is 1.71. The molecule has 0 aromatic carbocycles. The second kappa shape index (κ2) is 10.5. The van der Waals surface area contributed by atoms with Crippen LogP contribution in [0.5, 0.6) is 0 Å². The summed E-state index contributed by atoms with van der Waals surface area (Å²) in [4.78, 5) is 6.97. The van der Waals surface area contributed by atoms with Crippen molar-refractivity contribution >= 4 is 29.9 Å². The fourth-order valence-electron chi connectivity index (χ4n) is 3.47. The van der Waals surface area contributed by atoms with E-state index in [0.717, 1.165) is 37.2 Å². The molecule has 1 saturated carbocycles. The smallest absolute Gasteiger partial charge is 0.191 e. The van der Waals surface area contributed by atoms with Crippen molar-refractivity contribution in [2.45, 2.75) is 72.0 Å². The molecule has 26 heavy (non-hydrogen) atoms. The second-order valence-corrected chi connectivity index (χ2v) is 7.58. The zero-order valence-electron chi connectivity index (χ0n) is 17.5. The highest BCUT2D eigenvalue weighted by Crippen LogP contribution is 2.27. The number of aromatic nitrogens is 2. The van der Waals surface area contributed by atoms with Crippen LogP contribution >= 0.6 is 24.0 Å². The number of nitrogens with one attached hydrogen (secondary N) is 2. The zero-order chi connectivity index (χ0) is 18.6. The van der Waals surface area contributed by atoms with Crippen molar-refractivity contribution in [3.63, 3.8) is 0 Å². The van der Waals surface area contributed by atoms with E-state index in [9.17, 15) is 0 Å². The van der Waals surface area contributed by atoms with Crippen LogP contribution in [0.3, 0.4) is 0 Å². The van der Waals surface area contributed by atoms with Crippen LogP contribution < -0.4 is 10.6 Å². The molecule has 1 aliphatic carbocycles. The van der Waals surface area contributed by atoms with Crippen LogP contribution in [0.25, 0.3) is 0 Å². The lowest BCUT2D eigenvalue weighted by Crippen LogP contribution is -2.46. The Kier molecular flexibility index (Phi) is 9.36. The maximum Gasteiger partial charge on any atom is 0.191 e. The van der Waals surface area contributed by atoms with Crippen LogP contribution in [0.4, 0.5) is 0 Å². The van der Waals surface area contributed by atoms with Crippen molar-refractivity contribution in [3.8, 4) is 0 Å². The summed E-state index contributed by atoms with van der Waals surface area (Å²) in [7, 11) is 3.84. The van der Waals surface area contributed by atoms with E-state index in [0.29, 0.717) is 12.1 Å². The van der Waals surface area contributed by atoms with Crippen LogP contribution in [0.1, 0.15) is 50.6 Å². The topological polar surface area (TPSA) is 57.5 Å². The SMILES string of the molecule is CN=C(NCCN(C(C)C)C1CC1)NC(C)Cc1c(C)nn(C)c1C.I. The quantitative estimate of drug-likeness (QED) is 0.344. The summed E-state index contributed by atoms with van der Waals surface area (Å²) in [5.74, 6) is 0.881. The van der Waals surface area contributed by atoms with E-state index < -0.39 is 0 Å². The second-order valence-electron chi connectivity index (χ2n) is 7.58.